The van der Waals surface area contributed by atoms with E-state index >= 15 is 0 Å². The van der Waals surface area contributed by atoms with Gasteiger partial charge in [0, 0.05) is 31.2 Å². The van der Waals surface area contributed by atoms with Crippen molar-refractivity contribution in [2.24, 2.45) is 0 Å². The van der Waals surface area contributed by atoms with E-state index in [2.05, 4.69) is 37.0 Å². The summed E-state index contributed by atoms with van der Waals surface area (Å²) in [6.45, 7) is 6.60. The highest BCUT2D eigenvalue weighted by Crippen LogP contribution is 2.29. The predicted molar refractivity (Wildman–Crippen MR) is 120 cm³/mol. The van der Waals surface area contributed by atoms with Crippen molar-refractivity contribution in [3.8, 4) is 0 Å². The molecule has 0 unspecified atom stereocenters. The van der Waals surface area contributed by atoms with Gasteiger partial charge < -0.3 is 16.0 Å². The molecule has 1 heterocycles. The van der Waals surface area contributed by atoms with Crippen molar-refractivity contribution in [3.63, 3.8) is 0 Å². The number of unbranched alkanes of at least 4 members (excludes halogenated alkanes) is 2. The number of hydrogen-bond donors (Lipinski definition) is 4. The highest BCUT2D eigenvalue weighted by Gasteiger charge is 2.22. The number of nitrogens with zero attached hydrogens (tertiary/aromatic N) is 2. The summed E-state index contributed by atoms with van der Waals surface area (Å²) in [7, 11) is -4.14. The van der Waals surface area contributed by atoms with Crippen LogP contribution in [0.4, 0.5) is 15.2 Å². The SMILES string of the molecule is CCCCNCCNCCCCNc1cc(F)c(S(=O)(=O)Nc2ncns2)cc1Cl. The fourth-order valence-corrected chi connectivity index (χ4v) is 4.63. The van der Waals surface area contributed by atoms with Gasteiger partial charge >= 0.3 is 0 Å². The van der Waals surface area contributed by atoms with Crippen molar-refractivity contribution in [2.45, 2.75) is 37.5 Å². The van der Waals surface area contributed by atoms with Crippen LogP contribution in [0.1, 0.15) is 32.6 Å². The van der Waals surface area contributed by atoms with Crippen molar-refractivity contribution >= 4 is 44.0 Å². The van der Waals surface area contributed by atoms with Crippen molar-refractivity contribution < 1.29 is 12.8 Å². The van der Waals surface area contributed by atoms with Crippen molar-refractivity contribution in [2.75, 3.05) is 42.8 Å². The van der Waals surface area contributed by atoms with E-state index in [1.165, 1.54) is 19.2 Å². The predicted octanol–water partition coefficient (Wildman–Crippen LogP) is 3.30. The Balaban J connectivity index is 1.74. The number of hydrogen-bond acceptors (Lipinski definition) is 8. The third-order valence-electron chi connectivity index (χ3n) is 4.18. The van der Waals surface area contributed by atoms with E-state index in [4.69, 9.17) is 11.6 Å². The van der Waals surface area contributed by atoms with Gasteiger partial charge in [0.25, 0.3) is 10.0 Å². The van der Waals surface area contributed by atoms with Gasteiger partial charge in [-0.3, -0.25) is 4.72 Å². The number of anilines is 2. The van der Waals surface area contributed by atoms with Crippen LogP contribution in [0.25, 0.3) is 0 Å². The highest BCUT2D eigenvalue weighted by atomic mass is 35.5. The van der Waals surface area contributed by atoms with Crippen molar-refractivity contribution in [3.05, 3.63) is 29.3 Å². The molecule has 168 valence electrons. The summed E-state index contributed by atoms with van der Waals surface area (Å²) in [6, 6.07) is 2.19. The van der Waals surface area contributed by atoms with Crippen LogP contribution < -0.4 is 20.7 Å². The van der Waals surface area contributed by atoms with E-state index in [1.54, 1.807) is 0 Å². The third-order valence-corrected chi connectivity index (χ3v) is 6.55. The summed E-state index contributed by atoms with van der Waals surface area (Å²) in [4.78, 5) is 3.19. The first-order valence-corrected chi connectivity index (χ1v) is 12.5. The minimum absolute atomic E-state index is 0.0538. The van der Waals surface area contributed by atoms with Crippen LogP contribution in [0.15, 0.2) is 23.4 Å². The van der Waals surface area contributed by atoms with Gasteiger partial charge in [-0.25, -0.2) is 17.8 Å². The van der Waals surface area contributed by atoms with Crippen LogP contribution >= 0.6 is 23.1 Å². The Bertz CT molecular complexity index is 868. The summed E-state index contributed by atoms with van der Waals surface area (Å²) in [5, 5.41) is 9.97. The van der Waals surface area contributed by atoms with E-state index in [0.29, 0.717) is 12.2 Å². The molecule has 0 aliphatic rings. The van der Waals surface area contributed by atoms with Gasteiger partial charge in [0.05, 0.1) is 10.7 Å². The van der Waals surface area contributed by atoms with Crippen LogP contribution in [0.3, 0.4) is 0 Å². The van der Waals surface area contributed by atoms with Crippen LogP contribution in [0.2, 0.25) is 5.02 Å². The second-order valence-corrected chi connectivity index (χ2v) is 9.44. The van der Waals surface area contributed by atoms with Gasteiger partial charge in [-0.05, 0) is 44.5 Å². The van der Waals surface area contributed by atoms with E-state index in [9.17, 15) is 12.8 Å². The highest BCUT2D eigenvalue weighted by molar-refractivity contribution is 7.93. The summed E-state index contributed by atoms with van der Waals surface area (Å²) in [6.07, 6.45) is 5.43. The molecule has 30 heavy (non-hydrogen) atoms. The average molecular weight is 479 g/mol. The van der Waals surface area contributed by atoms with Gasteiger partial charge in [-0.2, -0.15) is 4.37 Å². The molecular formula is C18H28ClFN6O2S2. The van der Waals surface area contributed by atoms with Crippen molar-refractivity contribution in [1.82, 2.24) is 20.0 Å². The van der Waals surface area contributed by atoms with Crippen LogP contribution in [-0.2, 0) is 10.0 Å². The number of rotatable bonds is 15. The first-order valence-electron chi connectivity index (χ1n) is 9.88. The molecule has 0 aliphatic carbocycles. The lowest BCUT2D eigenvalue weighted by Crippen LogP contribution is -2.28. The van der Waals surface area contributed by atoms with Gasteiger partial charge in [0.2, 0.25) is 5.13 Å². The third kappa shape index (κ3) is 8.31. The Kier molecular flexibility index (Phi) is 10.7. The molecule has 1 aromatic carbocycles. The lowest BCUT2D eigenvalue weighted by molar-refractivity contribution is 0.570. The normalized spacial score (nSPS) is 11.6. The van der Waals surface area contributed by atoms with Gasteiger partial charge in [-0.15, -0.1) is 0 Å². The Morgan fingerprint density at radius 3 is 2.43 bits per heavy atom. The summed E-state index contributed by atoms with van der Waals surface area (Å²) in [5.41, 5.74) is 0.358. The number of halogens is 2. The van der Waals surface area contributed by atoms with Gasteiger partial charge in [0.1, 0.15) is 17.0 Å². The van der Waals surface area contributed by atoms with E-state index < -0.39 is 20.7 Å². The lowest BCUT2D eigenvalue weighted by Gasteiger charge is -2.12. The van der Waals surface area contributed by atoms with Crippen molar-refractivity contribution in [1.29, 1.82) is 0 Å². The second-order valence-electron chi connectivity index (χ2n) is 6.60. The van der Waals surface area contributed by atoms with Gasteiger partial charge in [0.15, 0.2) is 0 Å². The molecule has 0 saturated heterocycles. The van der Waals surface area contributed by atoms with Crippen LogP contribution in [0, 0.1) is 5.82 Å². The van der Waals surface area contributed by atoms with Gasteiger partial charge in [-0.1, -0.05) is 24.9 Å². The molecule has 0 aliphatic heterocycles. The zero-order chi connectivity index (χ0) is 21.8. The van der Waals surface area contributed by atoms with Crippen LogP contribution in [-0.4, -0.2) is 50.5 Å². The minimum atomic E-state index is -4.14. The maximum absolute atomic E-state index is 14.4. The largest absolute Gasteiger partial charge is 0.384 e. The first-order chi connectivity index (χ1) is 14.4. The lowest BCUT2D eigenvalue weighted by atomic mass is 10.2. The fraction of sp³-hybridized carbons (Fsp3) is 0.556. The molecule has 1 aromatic heterocycles. The number of benzene rings is 1. The standard InChI is InChI=1S/C18H28ClFN6O2S2/c1-2-3-6-21-9-10-22-7-4-5-8-23-16-12-15(20)17(11-14(16)19)30(27,28)26-18-24-13-25-29-18/h11-13,21-23H,2-10H2,1H3,(H,24,25,26). The fourth-order valence-electron chi connectivity index (χ4n) is 2.58. The molecule has 2 aromatic rings. The summed E-state index contributed by atoms with van der Waals surface area (Å²) < 4.78 is 45.0. The van der Waals surface area contributed by atoms with E-state index in [0.717, 1.165) is 62.7 Å². The molecule has 0 bridgehead atoms. The smallest absolute Gasteiger partial charge is 0.266 e. The Labute approximate surface area is 186 Å². The quantitative estimate of drug-likeness (QED) is 0.291. The van der Waals surface area contributed by atoms with Crippen LogP contribution in [0.5, 0.6) is 0 Å². The van der Waals surface area contributed by atoms with E-state index in [-0.39, 0.29) is 10.2 Å². The Hall–Kier alpha value is -1.53. The second kappa shape index (κ2) is 13.0. The summed E-state index contributed by atoms with van der Waals surface area (Å²) >= 11 is 7.01. The summed E-state index contributed by atoms with van der Waals surface area (Å²) in [5.74, 6) is -0.892. The number of aromatic nitrogens is 2. The molecule has 4 N–H and O–H groups in total. The Morgan fingerprint density at radius 1 is 1.07 bits per heavy atom. The zero-order valence-corrected chi connectivity index (χ0v) is 19.3. The first kappa shape index (κ1) is 24.7. The zero-order valence-electron chi connectivity index (χ0n) is 16.9. The molecule has 12 heteroatoms. The molecule has 0 radical (unpaired) electrons. The number of sulfonamides is 1. The Morgan fingerprint density at radius 2 is 1.77 bits per heavy atom. The monoisotopic (exact) mass is 478 g/mol. The number of nitrogens with one attached hydrogen (secondary N) is 4. The maximum atomic E-state index is 14.4. The average Bonchev–Trinajstić information content (AvgIpc) is 3.20. The maximum Gasteiger partial charge on any atom is 0.266 e. The molecule has 8 nitrogen and oxygen atoms in total. The molecule has 0 amide bonds. The topological polar surface area (TPSA) is 108 Å². The van der Waals surface area contributed by atoms with E-state index in [1.807, 2.05) is 0 Å². The minimum Gasteiger partial charge on any atom is -0.384 e. The molecule has 0 fully saturated rings. The molecule has 0 spiro atoms. The molecular weight excluding hydrogens is 451 g/mol. The molecule has 0 atom stereocenters. The molecule has 0 saturated carbocycles. The molecule has 2 rings (SSSR count).